The van der Waals surface area contributed by atoms with Crippen molar-refractivity contribution in [3.05, 3.63) is 116 Å². The molecule has 3 heterocycles. The molecule has 0 bridgehead atoms. The van der Waals surface area contributed by atoms with Crippen LogP contribution in [0.4, 0.5) is 10.2 Å². The maximum Gasteiger partial charge on any atom is 0.241 e. The molecule has 2 unspecified atom stereocenters. The van der Waals surface area contributed by atoms with Crippen LogP contribution in [0.5, 0.6) is 0 Å². The molecule has 2 aromatic heterocycles. The molecule has 1 aliphatic heterocycles. The Kier molecular flexibility index (Phi) is 6.10. The molecule has 3 aromatic carbocycles. The Hall–Kier alpha value is -3.86. The highest BCUT2D eigenvalue weighted by Gasteiger charge is 2.41. The zero-order valence-corrected chi connectivity index (χ0v) is 22.5. The minimum Gasteiger partial charge on any atom is -0.456 e. The summed E-state index contributed by atoms with van der Waals surface area (Å²) >= 11 is 6.33. The standard InChI is InChI=1S/C30H22ClFN3O2P/c1-3-22-26-27(18-11-12-21(31)24(38)14-18)35(30(26)34-15-33-22)16(2)29-25(17-7-6-8-19(32)13-17)28(36)20-9-4-5-10-23(20)37-29/h3-16H,38H2,1-2H3/p+1. The third kappa shape index (κ3) is 3.84. The molecule has 8 heteroatoms. The van der Waals surface area contributed by atoms with Gasteiger partial charge >= 0.3 is 0 Å². The summed E-state index contributed by atoms with van der Waals surface area (Å²) in [5.41, 5.74) is 2.94. The molecule has 0 spiro atoms. The molecule has 5 aromatic rings. The molecule has 0 saturated heterocycles. The number of rotatable bonds is 4. The predicted molar refractivity (Wildman–Crippen MR) is 152 cm³/mol. The minimum absolute atomic E-state index is 0.207. The van der Waals surface area contributed by atoms with Crippen molar-refractivity contribution in [1.82, 2.24) is 4.98 Å². The third-order valence-electron chi connectivity index (χ3n) is 6.86. The van der Waals surface area contributed by atoms with Crippen LogP contribution in [-0.4, -0.2) is 4.98 Å². The lowest BCUT2D eigenvalue weighted by Gasteiger charge is -2.34. The predicted octanol–water partition coefficient (Wildman–Crippen LogP) is 4.50. The molecule has 188 valence electrons. The second-order valence-electron chi connectivity index (χ2n) is 9.11. The van der Waals surface area contributed by atoms with E-state index in [1.807, 2.05) is 44.2 Å². The van der Waals surface area contributed by atoms with Crippen molar-refractivity contribution in [2.45, 2.75) is 19.9 Å². The molecule has 1 N–H and O–H groups in total. The summed E-state index contributed by atoms with van der Waals surface area (Å²) in [6, 6.07) is 18.6. The fraction of sp³-hybridized carbons (Fsp3) is 0.100. The fourth-order valence-corrected chi connectivity index (χ4v) is 5.49. The van der Waals surface area contributed by atoms with Gasteiger partial charge in [-0.15, -0.1) is 14.2 Å². The van der Waals surface area contributed by atoms with E-state index >= 15 is 0 Å². The topological polar surface area (TPSA) is 60.5 Å². The van der Waals surface area contributed by atoms with Gasteiger partial charge < -0.3 is 4.42 Å². The zero-order valence-electron chi connectivity index (χ0n) is 20.6. The van der Waals surface area contributed by atoms with E-state index in [2.05, 4.69) is 24.1 Å². The number of nitrogens with zero attached hydrogens (tertiary/aromatic N) is 2. The van der Waals surface area contributed by atoms with Gasteiger partial charge in [-0.2, -0.15) is 0 Å². The molecule has 38 heavy (non-hydrogen) atoms. The lowest BCUT2D eigenvalue weighted by molar-refractivity contribution is -0.371. The first-order valence-electron chi connectivity index (χ1n) is 12.1. The Morgan fingerprint density at radius 2 is 1.92 bits per heavy atom. The molecule has 2 atom stereocenters. The van der Waals surface area contributed by atoms with E-state index in [-0.39, 0.29) is 5.43 Å². The van der Waals surface area contributed by atoms with Gasteiger partial charge in [-0.3, -0.25) is 4.79 Å². The van der Waals surface area contributed by atoms with Gasteiger partial charge in [0.15, 0.2) is 11.1 Å². The van der Waals surface area contributed by atoms with Crippen molar-refractivity contribution in [3.63, 3.8) is 0 Å². The molecule has 1 aliphatic rings. The normalized spacial score (nSPS) is 14.0. The number of halogens is 2. The zero-order chi connectivity index (χ0) is 26.6. The Labute approximate surface area is 225 Å². The van der Waals surface area contributed by atoms with Gasteiger partial charge in [-0.05, 0) is 73.3 Å². The van der Waals surface area contributed by atoms with Crippen LogP contribution >= 0.6 is 20.8 Å². The van der Waals surface area contributed by atoms with E-state index < -0.39 is 11.9 Å². The van der Waals surface area contributed by atoms with Crippen molar-refractivity contribution in [1.29, 1.82) is 0 Å². The monoisotopic (exact) mass is 542 g/mol. The molecule has 0 aliphatic carbocycles. The molecule has 5 nitrogen and oxygen atoms in total. The van der Waals surface area contributed by atoms with E-state index in [0.717, 1.165) is 33.0 Å². The van der Waals surface area contributed by atoms with Gasteiger partial charge in [0.05, 0.1) is 10.9 Å². The summed E-state index contributed by atoms with van der Waals surface area (Å²) in [6.07, 6.45) is 3.61. The number of aromatic amines is 1. The summed E-state index contributed by atoms with van der Waals surface area (Å²) in [7, 11) is 2.66. The largest absolute Gasteiger partial charge is 0.456 e. The first-order valence-corrected chi connectivity index (χ1v) is 13.1. The van der Waals surface area contributed by atoms with Crippen LogP contribution in [0.3, 0.4) is 0 Å². The molecular weight excluding hydrogens is 520 g/mol. The van der Waals surface area contributed by atoms with Crippen molar-refractivity contribution in [2.24, 2.45) is 0 Å². The molecule has 0 radical (unpaired) electrons. The summed E-state index contributed by atoms with van der Waals surface area (Å²) < 4.78 is 20.8. The maximum absolute atomic E-state index is 14.3. The Morgan fingerprint density at radius 1 is 1.11 bits per heavy atom. The quantitative estimate of drug-likeness (QED) is 0.314. The Balaban J connectivity index is 1.63. The molecular formula is C30H23ClFN3O2P+. The van der Waals surface area contributed by atoms with E-state index in [9.17, 15) is 9.18 Å². The molecule has 6 rings (SSSR count). The highest BCUT2D eigenvalue weighted by atomic mass is 35.5. The summed E-state index contributed by atoms with van der Waals surface area (Å²) in [6.45, 7) is 3.92. The average molecular weight is 543 g/mol. The number of hydrogen-bond acceptors (Lipinski definition) is 4. The van der Waals surface area contributed by atoms with Crippen molar-refractivity contribution >= 4 is 54.7 Å². The lowest BCUT2D eigenvalue weighted by atomic mass is 9.95. The number of H-pyrrole nitrogens is 1. The van der Waals surface area contributed by atoms with Crippen molar-refractivity contribution < 1.29 is 13.8 Å². The number of anilines is 1. The van der Waals surface area contributed by atoms with Gasteiger partial charge in [-0.25, -0.2) is 14.3 Å². The molecule has 0 amide bonds. The first kappa shape index (κ1) is 24.5. The van der Waals surface area contributed by atoms with Gasteiger partial charge in [0.2, 0.25) is 17.6 Å². The van der Waals surface area contributed by atoms with Crippen LogP contribution in [0.15, 0.2) is 82.3 Å². The fourth-order valence-electron chi connectivity index (χ4n) is 5.09. The number of benzene rings is 3. The van der Waals surface area contributed by atoms with Crippen LogP contribution in [0.2, 0.25) is 5.02 Å². The summed E-state index contributed by atoms with van der Waals surface area (Å²) in [4.78, 5) is 23.7. The maximum atomic E-state index is 14.3. The second-order valence-corrected chi connectivity index (χ2v) is 10.1. The minimum atomic E-state index is -0.430. The highest BCUT2D eigenvalue weighted by Crippen LogP contribution is 2.39. The summed E-state index contributed by atoms with van der Waals surface area (Å²) in [5, 5.41) is 3.75. The van der Waals surface area contributed by atoms with E-state index in [0.29, 0.717) is 32.9 Å². The van der Waals surface area contributed by atoms with Gasteiger partial charge in [0.25, 0.3) is 0 Å². The second kappa shape index (κ2) is 9.46. The molecule has 0 fully saturated rings. The average Bonchev–Trinajstić information content (AvgIpc) is 2.91. The third-order valence-corrected chi connectivity index (χ3v) is 7.87. The first-order chi connectivity index (χ1) is 18.4. The number of fused-ring (bicyclic) bond motifs is 2. The van der Waals surface area contributed by atoms with Crippen LogP contribution in [0, 0.1) is 5.82 Å². The number of hydrogen-bond donors (Lipinski definition) is 0. The van der Waals surface area contributed by atoms with Gasteiger partial charge in [0, 0.05) is 10.6 Å². The number of nitrogens with one attached hydrogen (secondary N) is 1. The number of para-hydroxylation sites is 1. The van der Waals surface area contributed by atoms with Crippen LogP contribution in [-0.2, 0) is 0 Å². The van der Waals surface area contributed by atoms with Crippen molar-refractivity contribution in [3.8, 4) is 11.1 Å². The van der Waals surface area contributed by atoms with Gasteiger partial charge in [-0.1, -0.05) is 35.9 Å². The molecule has 0 saturated carbocycles. The lowest BCUT2D eigenvalue weighted by Crippen LogP contribution is -2.54. The van der Waals surface area contributed by atoms with Crippen LogP contribution < -0.4 is 31.2 Å². The SMILES string of the molecule is CC=c1nc[nH+]c2c1=C(c1ccc(Cl)c(P)c1)N2C(C)c1oc2ccccc2c(=O)c1-c1cccc(F)c1. The smallest absolute Gasteiger partial charge is 0.241 e. The van der Waals surface area contributed by atoms with E-state index in [4.69, 9.17) is 16.0 Å². The van der Waals surface area contributed by atoms with E-state index in [1.54, 1.807) is 36.7 Å². The highest BCUT2D eigenvalue weighted by molar-refractivity contribution is 7.28. The van der Waals surface area contributed by atoms with Crippen LogP contribution in [0.25, 0.3) is 33.9 Å². The van der Waals surface area contributed by atoms with Crippen molar-refractivity contribution in [2.75, 3.05) is 4.90 Å². The Bertz CT molecular complexity index is 1940. The number of aromatic nitrogens is 2. The Morgan fingerprint density at radius 3 is 2.68 bits per heavy atom. The van der Waals surface area contributed by atoms with Crippen LogP contribution in [0.1, 0.15) is 31.2 Å². The summed E-state index contributed by atoms with van der Waals surface area (Å²) in [5.74, 6) is 0.860. The van der Waals surface area contributed by atoms with E-state index in [1.165, 1.54) is 12.1 Å². The van der Waals surface area contributed by atoms with Gasteiger partial charge in [0.1, 0.15) is 28.4 Å².